The Balaban J connectivity index is 0.000000127. The first kappa shape index (κ1) is 95.9. The Labute approximate surface area is 811 Å². The molecular weight excluding hydrogens is 1700 g/mol. The molecular formula is C119H134N15O4+. The number of ether oxygens (including phenoxy) is 2. The lowest BCUT2D eigenvalue weighted by Gasteiger charge is -2.22. The van der Waals surface area contributed by atoms with E-state index in [2.05, 4.69) is 364 Å². The molecule has 12 aromatic carbocycles. The molecule has 3 fully saturated rings. The third-order valence-electron chi connectivity index (χ3n) is 28.2. The van der Waals surface area contributed by atoms with E-state index >= 15 is 0 Å². The number of rotatable bonds is 34. The van der Waals surface area contributed by atoms with Gasteiger partial charge >= 0.3 is 5.82 Å². The minimum absolute atomic E-state index is 0.0297. The van der Waals surface area contributed by atoms with Crippen LogP contribution in [-0.2, 0) is 67.1 Å². The third-order valence-corrected chi connectivity index (χ3v) is 28.2. The predicted octanol–water partition coefficient (Wildman–Crippen LogP) is 21.8. The summed E-state index contributed by atoms with van der Waals surface area (Å²) in [5, 5.41) is 40.5. The van der Waals surface area contributed by atoms with Crippen LogP contribution in [0.1, 0.15) is 187 Å². The molecule has 1 aliphatic heterocycles. The normalized spacial score (nSPS) is 14.8. The molecule has 2 aliphatic carbocycles. The zero-order valence-electron chi connectivity index (χ0n) is 82.2. The highest BCUT2D eigenvalue weighted by atomic mass is 16.5. The van der Waals surface area contributed by atoms with Gasteiger partial charge in [0.25, 0.3) is 0 Å². The predicted molar refractivity (Wildman–Crippen MR) is 553 cm³/mol. The Morgan fingerprint density at radius 3 is 0.913 bits per heavy atom. The van der Waals surface area contributed by atoms with Gasteiger partial charge in [-0.15, -0.1) is 0 Å². The second-order valence-corrected chi connectivity index (χ2v) is 39.1. The first-order chi connectivity index (χ1) is 66.9. The van der Waals surface area contributed by atoms with E-state index in [9.17, 15) is 31.2 Å². The van der Waals surface area contributed by atoms with E-state index in [4.69, 9.17) is 9.47 Å². The summed E-state index contributed by atoms with van der Waals surface area (Å²) in [4.78, 5) is 25.8. The Hall–Kier alpha value is -13.9. The fraction of sp³-hybridized carbons (Fsp3) is 0.319. The van der Waals surface area contributed by atoms with Crippen molar-refractivity contribution in [3.8, 4) is 0 Å². The summed E-state index contributed by atoms with van der Waals surface area (Å²) in [6.45, 7) is 20.1. The van der Waals surface area contributed by atoms with Gasteiger partial charge in [0.05, 0.1) is 115 Å². The lowest BCUT2D eigenvalue weighted by atomic mass is 9.98. The average Bonchev–Trinajstić information content (AvgIpc) is 1.57. The van der Waals surface area contributed by atoms with Gasteiger partial charge in [0.1, 0.15) is 12.4 Å². The van der Waals surface area contributed by atoms with Gasteiger partial charge in [0, 0.05) is 45.7 Å². The van der Waals surface area contributed by atoms with E-state index in [0.29, 0.717) is 85.7 Å². The van der Waals surface area contributed by atoms with E-state index in [-0.39, 0.29) is 53.9 Å². The van der Waals surface area contributed by atoms with E-state index in [0.717, 1.165) is 82.8 Å². The number of Topliss-reactive ketones (excluding diaryl/α,β-unsaturated/α-hetero) is 2. The van der Waals surface area contributed by atoms with Gasteiger partial charge in [-0.05, 0) is 224 Å². The molecule has 6 heterocycles. The molecule has 20 rings (SSSR count). The van der Waals surface area contributed by atoms with Gasteiger partial charge in [-0.2, -0.15) is 0 Å². The highest BCUT2D eigenvalue weighted by molar-refractivity contribution is 5.91. The van der Waals surface area contributed by atoms with Crippen molar-refractivity contribution in [2.75, 3.05) is 34.0 Å². The first-order valence-corrected chi connectivity index (χ1v) is 49.2. The van der Waals surface area contributed by atoms with Crippen molar-refractivity contribution in [2.45, 2.75) is 188 Å². The number of methoxy groups -OCH3 is 2. The molecule has 5 aromatic heterocycles. The summed E-state index contributed by atoms with van der Waals surface area (Å²) in [5.41, 5.74) is 30.6. The Kier molecular flexibility index (Phi) is 30.0. The van der Waals surface area contributed by atoms with E-state index in [1.54, 1.807) is 14.2 Å². The van der Waals surface area contributed by atoms with Gasteiger partial charge in [-0.3, -0.25) is 31.2 Å². The van der Waals surface area contributed by atoms with Crippen molar-refractivity contribution < 1.29 is 23.6 Å². The second-order valence-electron chi connectivity index (χ2n) is 39.1. The molecule has 1 saturated heterocycles. The SMILES string of the molecule is COC[C@H](Cc1ccc(C)cc1)n1c(=N)n(C(c2ccc(C)cc2)C2CC2)c2ccccc21.COC[C@H](Cc1ccc(C)cc1)n1c(=N)n(C(c2ccc(C)cc2)C2CC2)c2ccccc21.Cc1ccc(C[C@@H](CCC(=O)C2CN2)n2c(=N)n(Cc3ccc(C)cc3)c3ccccc32)cc1.Cc1ccc(C[C@@H](CCC(=O)c2n(C)cc[n+]2C)n2c(=N)n(Cc3ccc(C)cc3)c3ccccc32)cc1. The number of benzene rings is 12. The largest absolute Gasteiger partial charge is 0.383 e. The Bertz CT molecular complexity index is 7110. The number of para-hydroxylation sites is 8. The maximum absolute atomic E-state index is 13.3. The van der Waals surface area contributed by atoms with Crippen LogP contribution in [0, 0.1) is 88.9 Å². The number of hydrogen-bond acceptors (Lipinski definition) is 9. The molecule has 3 aliphatic rings. The van der Waals surface area contributed by atoms with Gasteiger partial charge in [0.15, 0.2) is 5.78 Å². The molecule has 0 spiro atoms. The van der Waals surface area contributed by atoms with Crippen LogP contribution in [0.2, 0.25) is 0 Å². The number of fused-ring (bicyclic) bond motifs is 4. The van der Waals surface area contributed by atoms with Crippen LogP contribution >= 0.6 is 0 Å². The van der Waals surface area contributed by atoms with E-state index in [1.807, 2.05) is 59.9 Å². The summed E-state index contributed by atoms with van der Waals surface area (Å²) in [5.74, 6) is 2.25. The molecule has 0 amide bonds. The Morgan fingerprint density at radius 2 is 0.623 bits per heavy atom. The number of carbonyl (C=O) groups is 2. The monoisotopic (exact) mass is 1840 g/mol. The van der Waals surface area contributed by atoms with Crippen molar-refractivity contribution in [2.24, 2.45) is 25.9 Å². The smallest absolute Gasteiger partial charge is 0.325 e. The number of aryl methyl sites for hydroxylation is 10. The van der Waals surface area contributed by atoms with Crippen molar-refractivity contribution in [3.63, 3.8) is 0 Å². The number of hydrogen-bond donors (Lipinski definition) is 5. The summed E-state index contributed by atoms with van der Waals surface area (Å²) in [7, 11) is 7.33. The van der Waals surface area contributed by atoms with Crippen molar-refractivity contribution in [3.05, 3.63) is 421 Å². The van der Waals surface area contributed by atoms with Gasteiger partial charge in [0.2, 0.25) is 28.3 Å². The number of ketones is 2. The summed E-state index contributed by atoms with van der Waals surface area (Å²) in [6.07, 6.45) is 14.2. The summed E-state index contributed by atoms with van der Waals surface area (Å²) >= 11 is 0. The van der Waals surface area contributed by atoms with Gasteiger partial charge in [-0.1, -0.05) is 287 Å². The average molecular weight is 1840 g/mol. The number of imidazole rings is 5. The summed E-state index contributed by atoms with van der Waals surface area (Å²) < 4.78 is 32.5. The van der Waals surface area contributed by atoms with Crippen LogP contribution in [-0.4, -0.2) is 92.7 Å². The molecule has 7 atom stereocenters. The third kappa shape index (κ3) is 22.2. The molecule has 17 aromatic rings. The lowest BCUT2D eigenvalue weighted by Crippen LogP contribution is -2.35. The van der Waals surface area contributed by atoms with E-state index in [1.165, 1.54) is 115 Å². The number of nitrogens with zero attached hydrogens (tertiary/aromatic N) is 10. The molecule has 5 N–H and O–H groups in total. The van der Waals surface area contributed by atoms with E-state index < -0.39 is 0 Å². The fourth-order valence-electron chi connectivity index (χ4n) is 20.3. The number of carbonyl (C=O) groups excluding carboxylic acids is 2. The fourth-order valence-corrected chi connectivity index (χ4v) is 20.3. The van der Waals surface area contributed by atoms with Crippen LogP contribution in [0.25, 0.3) is 44.1 Å². The van der Waals surface area contributed by atoms with Crippen LogP contribution in [0.15, 0.2) is 304 Å². The van der Waals surface area contributed by atoms with Crippen molar-refractivity contribution in [1.82, 2.24) is 46.4 Å². The molecule has 138 heavy (non-hydrogen) atoms. The molecule has 3 unspecified atom stereocenters. The molecule has 708 valence electrons. The minimum atomic E-state index is -0.0381. The first-order valence-electron chi connectivity index (χ1n) is 49.2. The molecule has 2 saturated carbocycles. The molecule has 0 bridgehead atoms. The highest BCUT2D eigenvalue weighted by Gasteiger charge is 2.39. The molecule has 0 radical (unpaired) electrons. The standard InChI is InChI=1S/C32H36N5O.C29H32N4O.2C29H33N3O/c1-23-9-13-25(14-10-23)21-27(17-18-30(38)31-34(3)19-20-35(31)4)37-29-8-6-5-7-28(29)36(32(37)33)22-26-15-11-24(2)12-16-26;1-20-7-11-22(12-8-20)17-24(15-16-28(34)25-18-31-25)33-27-6-4-3-5-26(27)32(29(33)30)19-23-13-9-21(2)10-14-23;2*1-20-8-12-22(13-9-20)18-25(19-33-3)31-26-6-4-5-7-27(26)32(29(31)30)28(24-16-17-24)23-14-10-21(2)11-15-23/h5-16,19-20,27,33H,17-18,21-22H2,1-4H3;3-14,24-25,30-31H,15-19H2,1-2H3;2*4-15,24-25,28,30H,16-19H2,1-3H3/q+1;;;/t27-;24-,25?;2*25-,28?/m1100/s1. The lowest BCUT2D eigenvalue weighted by molar-refractivity contribution is -0.672. The maximum Gasteiger partial charge on any atom is 0.325 e. The molecule has 19 heteroatoms. The van der Waals surface area contributed by atoms with Crippen molar-refractivity contribution in [1.29, 1.82) is 21.6 Å². The summed E-state index contributed by atoms with van der Waals surface area (Å²) in [6, 6.07) is 103. The van der Waals surface area contributed by atoms with Gasteiger partial charge in [-0.25, -0.2) is 9.13 Å². The minimum Gasteiger partial charge on any atom is -0.383 e. The zero-order chi connectivity index (χ0) is 96.4. The second kappa shape index (κ2) is 43.2. The highest BCUT2D eigenvalue weighted by Crippen LogP contribution is 2.46. The maximum atomic E-state index is 13.3. The van der Waals surface area contributed by atoms with Crippen molar-refractivity contribution >= 4 is 55.7 Å². The van der Waals surface area contributed by atoms with Gasteiger partial charge < -0.3 is 51.3 Å². The zero-order valence-corrected chi connectivity index (χ0v) is 82.2. The molecule has 19 nitrogen and oxygen atoms in total. The van der Waals surface area contributed by atoms with Crippen LogP contribution < -0.4 is 32.4 Å². The van der Waals surface area contributed by atoms with Crippen LogP contribution in [0.3, 0.4) is 0 Å². The van der Waals surface area contributed by atoms with Crippen LogP contribution in [0.4, 0.5) is 0 Å². The topological polar surface area (TPSA) is 218 Å². The number of aromatic nitrogens is 10. The number of nitrogens with one attached hydrogen (secondary N) is 5. The quantitative estimate of drug-likeness (QED) is 0.0151. The van der Waals surface area contributed by atoms with Crippen LogP contribution in [0.5, 0.6) is 0 Å². The Morgan fingerprint density at radius 1 is 0.355 bits per heavy atom.